The Hall–Kier alpha value is -2.60. The molecule has 0 fully saturated rings. The zero-order valence-corrected chi connectivity index (χ0v) is 13.6. The average molecular weight is 352 g/mol. The number of nitrogens with one attached hydrogen (secondary N) is 1. The fraction of sp³-hybridized carbons (Fsp3) is 0.176. The molecule has 5 nitrogen and oxygen atoms in total. The van der Waals surface area contributed by atoms with Crippen molar-refractivity contribution in [1.82, 2.24) is 0 Å². The third-order valence-corrected chi connectivity index (χ3v) is 3.34. The first-order valence-corrected chi connectivity index (χ1v) is 7.39. The van der Waals surface area contributed by atoms with E-state index in [-0.39, 0.29) is 11.4 Å². The summed E-state index contributed by atoms with van der Waals surface area (Å²) in [6.45, 7) is -0.447. The highest BCUT2D eigenvalue weighted by atomic mass is 35.5. The molecular weight excluding hydrogens is 337 g/mol. The first-order valence-electron chi connectivity index (χ1n) is 7.01. The van der Waals surface area contributed by atoms with Crippen LogP contribution in [-0.2, 0) is 20.7 Å². The van der Waals surface area contributed by atoms with Crippen molar-refractivity contribution in [2.24, 2.45) is 0 Å². The van der Waals surface area contributed by atoms with Crippen molar-refractivity contribution in [3.63, 3.8) is 0 Å². The van der Waals surface area contributed by atoms with Crippen molar-refractivity contribution in [3.8, 4) is 5.75 Å². The Bertz CT molecular complexity index is 751. The van der Waals surface area contributed by atoms with E-state index in [1.54, 1.807) is 24.3 Å². The normalized spacial score (nSPS) is 10.1. The van der Waals surface area contributed by atoms with Gasteiger partial charge in [-0.2, -0.15) is 0 Å². The Balaban J connectivity index is 1.82. The molecule has 0 saturated heterocycles. The number of rotatable bonds is 6. The Morgan fingerprint density at radius 3 is 2.71 bits per heavy atom. The molecule has 2 aromatic carbocycles. The number of carbonyl (C=O) groups is 2. The second-order valence-electron chi connectivity index (χ2n) is 4.87. The van der Waals surface area contributed by atoms with E-state index in [0.717, 1.165) is 6.07 Å². The Kier molecular flexibility index (Phi) is 6.14. The number of anilines is 1. The fourth-order valence-corrected chi connectivity index (χ4v) is 2.10. The van der Waals surface area contributed by atoms with Gasteiger partial charge in [-0.25, -0.2) is 4.39 Å². The molecule has 1 amide bonds. The van der Waals surface area contributed by atoms with E-state index in [1.165, 1.54) is 19.2 Å². The number of ether oxygens (including phenoxy) is 2. The van der Waals surface area contributed by atoms with Crippen LogP contribution in [0.2, 0.25) is 5.02 Å². The van der Waals surface area contributed by atoms with Crippen LogP contribution < -0.4 is 10.1 Å². The third kappa shape index (κ3) is 5.24. The maximum absolute atomic E-state index is 13.0. The van der Waals surface area contributed by atoms with Gasteiger partial charge >= 0.3 is 5.97 Å². The van der Waals surface area contributed by atoms with Gasteiger partial charge in [-0.05, 0) is 35.9 Å². The van der Waals surface area contributed by atoms with Gasteiger partial charge in [0.05, 0.1) is 18.6 Å². The number of amides is 1. The molecule has 2 rings (SSSR count). The van der Waals surface area contributed by atoms with E-state index in [9.17, 15) is 14.0 Å². The zero-order valence-electron chi connectivity index (χ0n) is 12.8. The SMILES string of the molecule is COc1cccc(CC(=O)OCC(=O)Nc2ccc(F)c(Cl)c2)c1. The molecule has 2 aromatic rings. The summed E-state index contributed by atoms with van der Waals surface area (Å²) in [5.41, 5.74) is 1.03. The molecule has 0 unspecified atom stereocenters. The summed E-state index contributed by atoms with van der Waals surface area (Å²) >= 11 is 5.62. The van der Waals surface area contributed by atoms with Crippen molar-refractivity contribution in [2.75, 3.05) is 19.0 Å². The molecule has 126 valence electrons. The number of esters is 1. The van der Waals surface area contributed by atoms with Crippen LogP contribution in [0.4, 0.5) is 10.1 Å². The molecule has 0 aliphatic carbocycles. The molecule has 0 aromatic heterocycles. The molecule has 0 atom stereocenters. The van der Waals surface area contributed by atoms with E-state index in [0.29, 0.717) is 17.0 Å². The van der Waals surface area contributed by atoms with Gasteiger partial charge < -0.3 is 14.8 Å². The van der Waals surface area contributed by atoms with Crippen LogP contribution in [0.25, 0.3) is 0 Å². The maximum atomic E-state index is 13.0. The lowest BCUT2D eigenvalue weighted by atomic mass is 10.1. The van der Waals surface area contributed by atoms with Crippen LogP contribution in [0.5, 0.6) is 5.75 Å². The molecule has 0 aliphatic rings. The third-order valence-electron chi connectivity index (χ3n) is 3.05. The molecule has 24 heavy (non-hydrogen) atoms. The van der Waals surface area contributed by atoms with Crippen molar-refractivity contribution in [2.45, 2.75) is 6.42 Å². The fourth-order valence-electron chi connectivity index (χ4n) is 1.92. The van der Waals surface area contributed by atoms with Crippen molar-refractivity contribution in [3.05, 3.63) is 58.9 Å². The number of benzene rings is 2. The van der Waals surface area contributed by atoms with Crippen LogP contribution in [0.1, 0.15) is 5.56 Å². The standard InChI is InChI=1S/C17H15ClFNO4/c1-23-13-4-2-3-11(7-13)8-17(22)24-10-16(21)20-12-5-6-15(19)14(18)9-12/h2-7,9H,8,10H2,1H3,(H,20,21). The Morgan fingerprint density at radius 1 is 1.21 bits per heavy atom. The van der Waals surface area contributed by atoms with Gasteiger partial charge in [-0.1, -0.05) is 23.7 Å². The summed E-state index contributed by atoms with van der Waals surface area (Å²) < 4.78 is 23.0. The number of carbonyl (C=O) groups excluding carboxylic acids is 2. The van der Waals surface area contributed by atoms with Gasteiger partial charge in [0.15, 0.2) is 6.61 Å². The second kappa shape index (κ2) is 8.31. The van der Waals surface area contributed by atoms with Crippen molar-refractivity contribution >= 4 is 29.2 Å². The van der Waals surface area contributed by atoms with Crippen molar-refractivity contribution < 1.29 is 23.5 Å². The first-order chi connectivity index (χ1) is 11.5. The summed E-state index contributed by atoms with van der Waals surface area (Å²) in [5, 5.41) is 2.35. The smallest absolute Gasteiger partial charge is 0.310 e. The minimum Gasteiger partial charge on any atom is -0.497 e. The van der Waals surface area contributed by atoms with Crippen LogP contribution in [0.15, 0.2) is 42.5 Å². The number of methoxy groups -OCH3 is 1. The first kappa shape index (κ1) is 17.7. The molecule has 0 bridgehead atoms. The molecule has 0 aliphatic heterocycles. The molecule has 0 saturated carbocycles. The van der Waals surface area contributed by atoms with Gasteiger partial charge in [0.2, 0.25) is 0 Å². The minimum atomic E-state index is -0.584. The Morgan fingerprint density at radius 2 is 2.00 bits per heavy atom. The van der Waals surface area contributed by atoms with Crippen molar-refractivity contribution in [1.29, 1.82) is 0 Å². The van der Waals surface area contributed by atoms with Gasteiger partial charge in [0, 0.05) is 5.69 Å². The number of halogens is 2. The van der Waals surface area contributed by atoms with E-state index in [1.807, 2.05) is 0 Å². The second-order valence-corrected chi connectivity index (χ2v) is 5.27. The molecule has 7 heteroatoms. The Labute approximate surface area is 143 Å². The predicted molar refractivity (Wildman–Crippen MR) is 87.7 cm³/mol. The van der Waals surface area contributed by atoms with Crippen LogP contribution >= 0.6 is 11.6 Å². The topological polar surface area (TPSA) is 64.6 Å². The van der Waals surface area contributed by atoms with E-state index in [4.69, 9.17) is 21.1 Å². The highest BCUT2D eigenvalue weighted by Gasteiger charge is 2.10. The molecule has 0 spiro atoms. The van der Waals surface area contributed by atoms with E-state index in [2.05, 4.69) is 5.32 Å². The highest BCUT2D eigenvalue weighted by Crippen LogP contribution is 2.19. The minimum absolute atomic E-state index is 0.0207. The molecule has 1 N–H and O–H groups in total. The maximum Gasteiger partial charge on any atom is 0.310 e. The summed E-state index contributed by atoms with van der Waals surface area (Å²) in [5.74, 6) is -1.04. The lowest BCUT2D eigenvalue weighted by molar-refractivity contribution is -0.146. The van der Waals surface area contributed by atoms with Gasteiger partial charge in [0.1, 0.15) is 11.6 Å². The monoisotopic (exact) mass is 351 g/mol. The van der Waals surface area contributed by atoms with Gasteiger partial charge in [0.25, 0.3) is 5.91 Å². The predicted octanol–water partition coefficient (Wildman–Crippen LogP) is 3.21. The molecular formula is C17H15ClFNO4. The van der Waals surface area contributed by atoms with Gasteiger partial charge in [-0.15, -0.1) is 0 Å². The highest BCUT2D eigenvalue weighted by molar-refractivity contribution is 6.31. The summed E-state index contributed by atoms with van der Waals surface area (Å²) in [6, 6.07) is 10.7. The summed E-state index contributed by atoms with van der Waals surface area (Å²) in [7, 11) is 1.53. The number of hydrogen-bond donors (Lipinski definition) is 1. The number of hydrogen-bond acceptors (Lipinski definition) is 4. The molecule has 0 radical (unpaired) electrons. The van der Waals surface area contributed by atoms with E-state index >= 15 is 0 Å². The van der Waals surface area contributed by atoms with Crippen LogP contribution in [-0.4, -0.2) is 25.6 Å². The zero-order chi connectivity index (χ0) is 17.5. The quantitative estimate of drug-likeness (QED) is 0.812. The molecule has 0 heterocycles. The van der Waals surface area contributed by atoms with Crippen LogP contribution in [0, 0.1) is 5.82 Å². The lowest BCUT2D eigenvalue weighted by Gasteiger charge is -2.08. The largest absolute Gasteiger partial charge is 0.497 e. The summed E-state index contributed by atoms with van der Waals surface area (Å²) in [4.78, 5) is 23.5. The van der Waals surface area contributed by atoms with E-state index < -0.39 is 24.3 Å². The summed E-state index contributed by atoms with van der Waals surface area (Å²) in [6.07, 6.45) is 0.0207. The average Bonchev–Trinajstić information content (AvgIpc) is 2.56. The van der Waals surface area contributed by atoms with Gasteiger partial charge in [-0.3, -0.25) is 9.59 Å². The lowest BCUT2D eigenvalue weighted by Crippen LogP contribution is -2.21. The van der Waals surface area contributed by atoms with Crippen LogP contribution in [0.3, 0.4) is 0 Å².